The lowest BCUT2D eigenvalue weighted by atomic mass is 9.86. The van der Waals surface area contributed by atoms with E-state index < -0.39 is 0 Å². The number of para-hydroxylation sites is 1. The van der Waals surface area contributed by atoms with Gasteiger partial charge in [-0.15, -0.1) is 0 Å². The Bertz CT molecular complexity index is 744. The van der Waals surface area contributed by atoms with Gasteiger partial charge in [-0.25, -0.2) is 4.39 Å². The van der Waals surface area contributed by atoms with Crippen molar-refractivity contribution < 1.29 is 13.9 Å². The summed E-state index contributed by atoms with van der Waals surface area (Å²) >= 11 is 0. The fraction of sp³-hybridized carbons (Fsp3) is 0.667. The highest BCUT2D eigenvalue weighted by Gasteiger charge is 2.27. The van der Waals surface area contributed by atoms with Crippen molar-refractivity contribution >= 4 is 17.6 Å². The van der Waals surface area contributed by atoms with Gasteiger partial charge in [-0.05, 0) is 57.7 Å². The summed E-state index contributed by atoms with van der Waals surface area (Å²) < 4.78 is 19.1. The molecule has 1 aliphatic carbocycles. The number of esters is 1. The van der Waals surface area contributed by atoms with E-state index in [1.807, 2.05) is 19.1 Å². The summed E-state index contributed by atoms with van der Waals surface area (Å²) in [6, 6.07) is 7.36. The van der Waals surface area contributed by atoms with Crippen molar-refractivity contribution in [3.05, 3.63) is 30.1 Å². The summed E-state index contributed by atoms with van der Waals surface area (Å²) in [5, 5.41) is 6.91. The van der Waals surface area contributed by atoms with Crippen LogP contribution in [0, 0.1) is 11.7 Å². The van der Waals surface area contributed by atoms with Crippen LogP contribution in [0.3, 0.4) is 0 Å². The minimum atomic E-state index is -0.140. The van der Waals surface area contributed by atoms with E-state index in [4.69, 9.17) is 4.74 Å². The number of rotatable bonds is 8. The highest BCUT2D eigenvalue weighted by Crippen LogP contribution is 2.25. The van der Waals surface area contributed by atoms with Crippen molar-refractivity contribution in [2.24, 2.45) is 10.9 Å². The van der Waals surface area contributed by atoms with Crippen LogP contribution in [0.5, 0.6) is 0 Å². The van der Waals surface area contributed by atoms with Crippen LogP contribution in [0.1, 0.15) is 39.0 Å². The van der Waals surface area contributed by atoms with Crippen LogP contribution in [0.25, 0.3) is 0 Å². The zero-order valence-electron chi connectivity index (χ0n) is 19.5. The zero-order chi connectivity index (χ0) is 22.8. The predicted octanol–water partition coefficient (Wildman–Crippen LogP) is 2.62. The number of hydrogen-bond acceptors (Lipinski definition) is 5. The number of hydrogen-bond donors (Lipinski definition) is 2. The molecular formula is C24H38FN5O2. The Morgan fingerprint density at radius 3 is 2.53 bits per heavy atom. The lowest BCUT2D eigenvalue weighted by molar-refractivity contribution is -0.149. The molecule has 3 rings (SSSR count). The molecule has 1 heterocycles. The van der Waals surface area contributed by atoms with E-state index in [0.29, 0.717) is 18.3 Å². The lowest BCUT2D eigenvalue weighted by Crippen LogP contribution is -2.48. The van der Waals surface area contributed by atoms with Crippen LogP contribution in [0.2, 0.25) is 0 Å². The number of halogens is 1. The number of anilines is 1. The molecule has 1 saturated carbocycles. The fourth-order valence-electron chi connectivity index (χ4n) is 4.55. The van der Waals surface area contributed by atoms with Gasteiger partial charge in [0.2, 0.25) is 0 Å². The first-order chi connectivity index (χ1) is 15.6. The predicted molar refractivity (Wildman–Crippen MR) is 127 cm³/mol. The lowest BCUT2D eigenvalue weighted by Gasteiger charge is -2.36. The molecule has 7 nitrogen and oxygen atoms in total. The Kier molecular flexibility index (Phi) is 9.59. The Hall–Kier alpha value is -2.35. The molecule has 1 saturated heterocycles. The Morgan fingerprint density at radius 1 is 1.16 bits per heavy atom. The van der Waals surface area contributed by atoms with Gasteiger partial charge in [0.15, 0.2) is 5.96 Å². The van der Waals surface area contributed by atoms with Crippen LogP contribution >= 0.6 is 0 Å². The minimum Gasteiger partial charge on any atom is -0.466 e. The van der Waals surface area contributed by atoms with Gasteiger partial charge in [-0.3, -0.25) is 14.7 Å². The molecule has 1 aliphatic heterocycles. The van der Waals surface area contributed by atoms with Crippen LogP contribution in [-0.2, 0) is 9.53 Å². The fourth-order valence-corrected chi connectivity index (χ4v) is 4.55. The van der Waals surface area contributed by atoms with E-state index in [-0.39, 0.29) is 17.7 Å². The SMILES string of the molecule is CCOC(=O)C1CCC(NC(=NC)NCCCN2CCN(c3ccccc3F)CC2)CC1. The molecule has 0 unspecified atom stereocenters. The number of benzene rings is 1. The Labute approximate surface area is 191 Å². The summed E-state index contributed by atoms with van der Waals surface area (Å²) in [6.07, 6.45) is 4.67. The van der Waals surface area contributed by atoms with Gasteiger partial charge in [0.1, 0.15) is 5.82 Å². The molecule has 0 radical (unpaired) electrons. The van der Waals surface area contributed by atoms with Crippen LogP contribution in [-0.4, -0.2) is 75.8 Å². The van der Waals surface area contributed by atoms with Gasteiger partial charge < -0.3 is 20.3 Å². The van der Waals surface area contributed by atoms with Gasteiger partial charge in [-0.2, -0.15) is 0 Å². The smallest absolute Gasteiger partial charge is 0.308 e. The molecule has 2 fully saturated rings. The van der Waals surface area contributed by atoms with Crippen LogP contribution in [0.4, 0.5) is 10.1 Å². The van der Waals surface area contributed by atoms with Gasteiger partial charge >= 0.3 is 5.97 Å². The first kappa shape index (κ1) is 24.3. The largest absolute Gasteiger partial charge is 0.466 e. The third kappa shape index (κ3) is 7.08. The summed E-state index contributed by atoms with van der Waals surface area (Å²) in [7, 11) is 1.79. The highest BCUT2D eigenvalue weighted by atomic mass is 19.1. The van der Waals surface area contributed by atoms with E-state index in [0.717, 1.165) is 77.3 Å². The second kappa shape index (κ2) is 12.6. The first-order valence-electron chi connectivity index (χ1n) is 12.0. The van der Waals surface area contributed by atoms with Crippen LogP contribution in [0.15, 0.2) is 29.3 Å². The minimum absolute atomic E-state index is 0.0434. The topological polar surface area (TPSA) is 69.2 Å². The number of carbonyl (C=O) groups excluding carboxylic acids is 1. The molecule has 8 heteroatoms. The van der Waals surface area contributed by atoms with Crippen molar-refractivity contribution in [3.8, 4) is 0 Å². The normalized spacial score (nSPS) is 22.5. The van der Waals surface area contributed by atoms with E-state index in [1.54, 1.807) is 13.1 Å². The molecule has 0 amide bonds. The highest BCUT2D eigenvalue weighted by molar-refractivity contribution is 5.80. The van der Waals surface area contributed by atoms with Crippen molar-refractivity contribution in [1.82, 2.24) is 15.5 Å². The average molecular weight is 448 g/mol. The molecular weight excluding hydrogens is 409 g/mol. The maximum absolute atomic E-state index is 14.0. The average Bonchev–Trinajstić information content (AvgIpc) is 2.82. The molecule has 1 aromatic rings. The third-order valence-electron chi connectivity index (χ3n) is 6.42. The first-order valence-corrected chi connectivity index (χ1v) is 12.0. The Morgan fingerprint density at radius 2 is 1.88 bits per heavy atom. The summed E-state index contributed by atoms with van der Waals surface area (Å²) in [6.45, 7) is 7.78. The van der Waals surface area contributed by atoms with Gasteiger partial charge in [0, 0.05) is 45.8 Å². The van der Waals surface area contributed by atoms with E-state index in [2.05, 4.69) is 25.4 Å². The summed E-state index contributed by atoms with van der Waals surface area (Å²) in [5.41, 5.74) is 0.708. The van der Waals surface area contributed by atoms with Crippen molar-refractivity contribution in [1.29, 1.82) is 0 Å². The van der Waals surface area contributed by atoms with E-state index in [9.17, 15) is 9.18 Å². The third-order valence-corrected chi connectivity index (χ3v) is 6.42. The molecule has 1 aromatic carbocycles. The second-order valence-electron chi connectivity index (χ2n) is 8.58. The van der Waals surface area contributed by atoms with Gasteiger partial charge in [0.25, 0.3) is 0 Å². The zero-order valence-corrected chi connectivity index (χ0v) is 19.5. The Balaban J connectivity index is 1.29. The number of piperazine rings is 1. The standard InChI is InChI=1S/C24H38FN5O2/c1-3-32-23(31)19-9-11-20(12-10-19)28-24(26-2)27-13-6-14-29-15-17-30(18-16-29)22-8-5-4-7-21(22)25/h4-5,7-8,19-20H,3,6,9-18H2,1-2H3,(H2,26,27,28). The number of aliphatic imine (C=N–C) groups is 1. The van der Waals surface area contributed by atoms with Crippen LogP contribution < -0.4 is 15.5 Å². The van der Waals surface area contributed by atoms with Crippen molar-refractivity contribution in [3.63, 3.8) is 0 Å². The van der Waals surface area contributed by atoms with Gasteiger partial charge in [0.05, 0.1) is 18.2 Å². The summed E-state index contributed by atoms with van der Waals surface area (Å²) in [4.78, 5) is 20.8. The molecule has 0 atom stereocenters. The second-order valence-corrected chi connectivity index (χ2v) is 8.58. The number of carbonyl (C=O) groups is 1. The number of nitrogens with zero attached hydrogens (tertiary/aromatic N) is 3. The van der Waals surface area contributed by atoms with E-state index in [1.165, 1.54) is 6.07 Å². The van der Waals surface area contributed by atoms with Crippen molar-refractivity contribution in [2.75, 3.05) is 57.8 Å². The number of nitrogens with one attached hydrogen (secondary N) is 2. The number of guanidine groups is 1. The number of ether oxygens (including phenoxy) is 1. The maximum Gasteiger partial charge on any atom is 0.308 e. The molecule has 178 valence electrons. The molecule has 2 aliphatic rings. The molecule has 32 heavy (non-hydrogen) atoms. The van der Waals surface area contributed by atoms with Crippen molar-refractivity contribution in [2.45, 2.75) is 45.1 Å². The summed E-state index contributed by atoms with van der Waals surface area (Å²) in [5.74, 6) is 0.678. The maximum atomic E-state index is 14.0. The molecule has 0 spiro atoms. The molecule has 0 aromatic heterocycles. The van der Waals surface area contributed by atoms with E-state index >= 15 is 0 Å². The van der Waals surface area contributed by atoms with Gasteiger partial charge in [-0.1, -0.05) is 12.1 Å². The molecule has 0 bridgehead atoms. The quantitative estimate of drug-likeness (QED) is 0.276. The molecule has 2 N–H and O–H groups in total. The monoisotopic (exact) mass is 447 g/mol.